The van der Waals surface area contributed by atoms with E-state index in [0.29, 0.717) is 5.56 Å². The number of ether oxygens (including phenoxy) is 1. The van der Waals surface area contributed by atoms with Crippen molar-refractivity contribution in [1.29, 1.82) is 0 Å². The Labute approximate surface area is 169 Å². The predicted octanol–water partition coefficient (Wildman–Crippen LogP) is 3.00. The summed E-state index contributed by atoms with van der Waals surface area (Å²) in [6.07, 6.45) is 0. The molecule has 0 unspecified atom stereocenters. The first-order valence-electron chi connectivity index (χ1n) is 8.17. The van der Waals surface area contributed by atoms with Crippen molar-refractivity contribution in [2.45, 2.75) is 0 Å². The molecule has 1 saturated heterocycles. The molecule has 0 aromatic heterocycles. The molecule has 1 heterocycles. The number of carbonyl (C=O) groups is 2. The van der Waals surface area contributed by atoms with Crippen LogP contribution in [0.25, 0.3) is 10.8 Å². The number of nitrogens with zero attached hydrogens (tertiary/aromatic N) is 1. The Hall–Kier alpha value is -2.91. The summed E-state index contributed by atoms with van der Waals surface area (Å²) in [5, 5.41) is 1.47. The molecule has 0 aliphatic carbocycles. The second-order valence-electron chi connectivity index (χ2n) is 6.10. The quantitative estimate of drug-likeness (QED) is 0.478. The van der Waals surface area contributed by atoms with Crippen molar-refractivity contribution in [3.05, 3.63) is 70.7 Å². The van der Waals surface area contributed by atoms with Gasteiger partial charge in [0.05, 0.1) is 11.3 Å². The first kappa shape index (κ1) is 18.5. The maximum atomic E-state index is 12.5. The van der Waals surface area contributed by atoms with Gasteiger partial charge in [-0.1, -0.05) is 40.2 Å². The molecule has 0 atom stereocenters. The number of esters is 1. The number of hydrogen-bond acceptors (Lipinski definition) is 5. The monoisotopic (exact) mass is 460 g/mol. The molecule has 142 valence electrons. The molecule has 0 radical (unpaired) electrons. The molecule has 1 N–H and O–H groups in total. The van der Waals surface area contributed by atoms with Gasteiger partial charge in [-0.15, -0.1) is 0 Å². The number of hydrogen-bond donors (Lipinski definition) is 1. The Morgan fingerprint density at radius 1 is 1.04 bits per heavy atom. The molecule has 0 saturated carbocycles. The van der Waals surface area contributed by atoms with E-state index in [4.69, 9.17) is 4.74 Å². The molecule has 1 aliphatic heterocycles. The Balaban J connectivity index is 1.85. The van der Waals surface area contributed by atoms with Crippen LogP contribution in [0.2, 0.25) is 0 Å². The van der Waals surface area contributed by atoms with E-state index >= 15 is 0 Å². The largest absolute Gasteiger partial charge is 0.421 e. The molecule has 4 rings (SSSR count). The Morgan fingerprint density at radius 3 is 2.46 bits per heavy atom. The molecule has 7 nitrogen and oxygen atoms in total. The van der Waals surface area contributed by atoms with Crippen molar-refractivity contribution in [1.82, 2.24) is 4.72 Å². The van der Waals surface area contributed by atoms with Crippen LogP contribution in [0.15, 0.2) is 65.1 Å². The molecule has 0 spiro atoms. The molecule has 28 heavy (non-hydrogen) atoms. The number of carbonyl (C=O) groups excluding carboxylic acids is 2. The highest BCUT2D eigenvalue weighted by Gasteiger charge is 2.36. The van der Waals surface area contributed by atoms with Gasteiger partial charge in [-0.3, -0.25) is 4.79 Å². The minimum Gasteiger partial charge on any atom is -0.421 e. The number of fused-ring (bicyclic) bond motifs is 1. The SMILES string of the molecule is O=C1CN(c2cc3cc(Br)ccc3cc2OC(=O)c2ccccc2)S(=O)(=O)N1. The average Bonchev–Trinajstić information content (AvgIpc) is 2.94. The fraction of sp³-hybridized carbons (Fsp3) is 0.0526. The lowest BCUT2D eigenvalue weighted by Crippen LogP contribution is -2.30. The summed E-state index contributed by atoms with van der Waals surface area (Å²) in [6, 6.07) is 16.9. The van der Waals surface area contributed by atoms with Crippen LogP contribution in [-0.2, 0) is 15.0 Å². The zero-order valence-electron chi connectivity index (χ0n) is 14.3. The summed E-state index contributed by atoms with van der Waals surface area (Å²) in [5.41, 5.74) is 0.427. The van der Waals surface area contributed by atoms with Gasteiger partial charge in [-0.25, -0.2) is 13.8 Å². The number of nitrogens with one attached hydrogen (secondary N) is 1. The fourth-order valence-electron chi connectivity index (χ4n) is 2.91. The Kier molecular flexibility index (Phi) is 4.56. The van der Waals surface area contributed by atoms with E-state index in [2.05, 4.69) is 15.9 Å². The highest BCUT2D eigenvalue weighted by atomic mass is 79.9. The maximum Gasteiger partial charge on any atom is 0.343 e. The van der Waals surface area contributed by atoms with E-state index in [1.165, 1.54) is 0 Å². The Bertz CT molecular complexity index is 1210. The van der Waals surface area contributed by atoms with Gasteiger partial charge in [-0.05, 0) is 47.2 Å². The van der Waals surface area contributed by atoms with Gasteiger partial charge in [0.25, 0.3) is 5.91 Å². The van der Waals surface area contributed by atoms with Gasteiger partial charge in [-0.2, -0.15) is 8.42 Å². The van der Waals surface area contributed by atoms with Crippen molar-refractivity contribution in [2.24, 2.45) is 0 Å². The van der Waals surface area contributed by atoms with Crippen LogP contribution in [0.1, 0.15) is 10.4 Å². The zero-order valence-corrected chi connectivity index (χ0v) is 16.7. The maximum absolute atomic E-state index is 12.5. The zero-order chi connectivity index (χ0) is 19.9. The number of halogens is 1. The third-order valence-electron chi connectivity index (χ3n) is 4.18. The van der Waals surface area contributed by atoms with Crippen LogP contribution >= 0.6 is 15.9 Å². The van der Waals surface area contributed by atoms with Crippen molar-refractivity contribution in [3.63, 3.8) is 0 Å². The summed E-state index contributed by atoms with van der Waals surface area (Å²) in [4.78, 5) is 24.2. The van der Waals surface area contributed by atoms with Crippen LogP contribution in [0.3, 0.4) is 0 Å². The van der Waals surface area contributed by atoms with Crippen LogP contribution < -0.4 is 13.8 Å². The third-order valence-corrected chi connectivity index (χ3v) is 6.07. The van der Waals surface area contributed by atoms with Gasteiger partial charge in [0.2, 0.25) is 0 Å². The first-order valence-corrected chi connectivity index (χ1v) is 10.4. The van der Waals surface area contributed by atoms with E-state index in [-0.39, 0.29) is 11.4 Å². The topological polar surface area (TPSA) is 92.8 Å². The van der Waals surface area contributed by atoms with E-state index in [1.807, 2.05) is 16.9 Å². The number of amides is 1. The van der Waals surface area contributed by atoms with E-state index in [9.17, 15) is 18.0 Å². The van der Waals surface area contributed by atoms with Gasteiger partial charge in [0, 0.05) is 4.47 Å². The number of anilines is 1. The lowest BCUT2D eigenvalue weighted by atomic mass is 10.1. The molecule has 3 aromatic rings. The van der Waals surface area contributed by atoms with Gasteiger partial charge in [0.15, 0.2) is 5.75 Å². The third kappa shape index (κ3) is 3.46. The van der Waals surface area contributed by atoms with Gasteiger partial charge >= 0.3 is 16.2 Å². The predicted molar refractivity (Wildman–Crippen MR) is 107 cm³/mol. The molecular weight excluding hydrogens is 448 g/mol. The van der Waals surface area contributed by atoms with Crippen molar-refractivity contribution >= 4 is 54.5 Å². The van der Waals surface area contributed by atoms with Crippen molar-refractivity contribution in [2.75, 3.05) is 10.8 Å². The molecule has 1 aliphatic rings. The minimum absolute atomic E-state index is 0.0451. The van der Waals surface area contributed by atoms with Crippen LogP contribution in [0, 0.1) is 0 Å². The van der Waals surface area contributed by atoms with Crippen molar-refractivity contribution < 1.29 is 22.7 Å². The van der Waals surface area contributed by atoms with Gasteiger partial charge < -0.3 is 4.74 Å². The van der Waals surface area contributed by atoms with Crippen LogP contribution in [0.4, 0.5) is 5.69 Å². The smallest absolute Gasteiger partial charge is 0.343 e. The molecular formula is C19H13BrN2O5S. The molecule has 3 aromatic carbocycles. The molecule has 9 heteroatoms. The average molecular weight is 461 g/mol. The van der Waals surface area contributed by atoms with Crippen LogP contribution in [0.5, 0.6) is 5.75 Å². The van der Waals surface area contributed by atoms with Gasteiger partial charge in [0.1, 0.15) is 6.54 Å². The first-order chi connectivity index (χ1) is 13.3. The summed E-state index contributed by atoms with van der Waals surface area (Å²) in [5.74, 6) is -1.24. The highest BCUT2D eigenvalue weighted by Crippen LogP contribution is 2.37. The molecule has 1 fully saturated rings. The lowest BCUT2D eigenvalue weighted by molar-refractivity contribution is -0.117. The summed E-state index contributed by atoms with van der Waals surface area (Å²) < 4.78 is 33.8. The summed E-state index contributed by atoms with van der Waals surface area (Å²) in [6.45, 7) is -0.391. The standard InChI is InChI=1S/C19H13BrN2O5S/c20-15-7-6-13-10-17(27-19(24)12-4-2-1-3-5-12)16(9-14(13)8-15)22-11-18(23)21-28(22,25)26/h1-10H,11H2,(H,21,23). The lowest BCUT2D eigenvalue weighted by Gasteiger charge is -2.19. The van der Waals surface area contributed by atoms with Crippen LogP contribution in [-0.4, -0.2) is 26.8 Å². The van der Waals surface area contributed by atoms with E-state index in [1.54, 1.807) is 48.5 Å². The Morgan fingerprint density at radius 2 is 1.79 bits per heavy atom. The molecule has 1 amide bonds. The van der Waals surface area contributed by atoms with Crippen molar-refractivity contribution in [3.8, 4) is 5.75 Å². The normalized spacial score (nSPS) is 15.5. The second kappa shape index (κ2) is 6.92. The number of rotatable bonds is 3. The number of benzene rings is 3. The molecule has 0 bridgehead atoms. The van der Waals surface area contributed by atoms with E-state index in [0.717, 1.165) is 19.6 Å². The fourth-order valence-corrected chi connectivity index (χ4v) is 4.44. The van der Waals surface area contributed by atoms with E-state index < -0.39 is 28.6 Å². The summed E-state index contributed by atoms with van der Waals surface area (Å²) in [7, 11) is -4.06. The minimum atomic E-state index is -4.06. The highest BCUT2D eigenvalue weighted by molar-refractivity contribution is 9.10. The second-order valence-corrected chi connectivity index (χ2v) is 8.61. The summed E-state index contributed by atoms with van der Waals surface area (Å²) >= 11 is 3.38.